The molecule has 1 aliphatic rings. The van der Waals surface area contributed by atoms with Crippen LogP contribution >= 0.6 is 0 Å². The molecule has 178 valence electrons. The van der Waals surface area contributed by atoms with Gasteiger partial charge in [-0.1, -0.05) is 43.0 Å². The fourth-order valence-electron chi connectivity index (χ4n) is 3.62. The Bertz CT molecular complexity index is 1140. The topological polar surface area (TPSA) is 87.8 Å². The SMILES string of the molecule is C=CC(N)=C(C(=O)NC(C)c1ccc(C=O)cc1)C1=NCCN1Cc1cccc(C(F)(F)F)c1. The van der Waals surface area contributed by atoms with E-state index in [9.17, 15) is 22.8 Å². The molecular weight excluding hydrogens is 445 g/mol. The predicted molar refractivity (Wildman–Crippen MR) is 124 cm³/mol. The van der Waals surface area contributed by atoms with E-state index in [1.807, 2.05) is 0 Å². The summed E-state index contributed by atoms with van der Waals surface area (Å²) in [5.74, 6) is -0.185. The predicted octanol–water partition coefficient (Wildman–Crippen LogP) is 4.01. The summed E-state index contributed by atoms with van der Waals surface area (Å²) in [5, 5.41) is 2.87. The lowest BCUT2D eigenvalue weighted by molar-refractivity contribution is -0.137. The van der Waals surface area contributed by atoms with E-state index < -0.39 is 23.7 Å². The van der Waals surface area contributed by atoms with Gasteiger partial charge in [-0.3, -0.25) is 14.6 Å². The number of carbonyl (C=O) groups is 2. The zero-order chi connectivity index (χ0) is 24.9. The average molecular weight is 470 g/mol. The van der Waals surface area contributed by atoms with Crippen LogP contribution in [0.25, 0.3) is 0 Å². The molecule has 3 N–H and O–H groups in total. The van der Waals surface area contributed by atoms with E-state index in [0.29, 0.717) is 30.1 Å². The average Bonchev–Trinajstić information content (AvgIpc) is 3.26. The Hall–Kier alpha value is -3.88. The molecule has 2 aromatic carbocycles. The van der Waals surface area contributed by atoms with Crippen LogP contribution in [0.3, 0.4) is 0 Å². The van der Waals surface area contributed by atoms with Crippen LogP contribution in [0.2, 0.25) is 0 Å². The zero-order valence-electron chi connectivity index (χ0n) is 18.6. The number of aldehydes is 1. The Morgan fingerprint density at radius 1 is 1.26 bits per heavy atom. The highest BCUT2D eigenvalue weighted by Crippen LogP contribution is 2.30. The maximum Gasteiger partial charge on any atom is 0.416 e. The summed E-state index contributed by atoms with van der Waals surface area (Å²) in [5.41, 5.74) is 7.30. The van der Waals surface area contributed by atoms with E-state index in [4.69, 9.17) is 5.73 Å². The summed E-state index contributed by atoms with van der Waals surface area (Å²) in [6.45, 7) is 6.36. The Balaban J connectivity index is 1.82. The van der Waals surface area contributed by atoms with Crippen LogP contribution in [0.1, 0.15) is 40.0 Å². The highest BCUT2D eigenvalue weighted by Gasteiger charge is 2.32. The Morgan fingerprint density at radius 3 is 2.59 bits per heavy atom. The first-order chi connectivity index (χ1) is 16.1. The summed E-state index contributed by atoms with van der Waals surface area (Å²) in [6, 6.07) is 11.4. The summed E-state index contributed by atoms with van der Waals surface area (Å²) >= 11 is 0. The van der Waals surface area contributed by atoms with Crippen LogP contribution in [0.15, 0.2) is 77.4 Å². The van der Waals surface area contributed by atoms with Gasteiger partial charge in [-0.2, -0.15) is 13.2 Å². The van der Waals surface area contributed by atoms with Crippen molar-refractivity contribution < 1.29 is 22.8 Å². The van der Waals surface area contributed by atoms with Crippen molar-refractivity contribution in [1.29, 1.82) is 0 Å². The van der Waals surface area contributed by atoms with Gasteiger partial charge in [0.2, 0.25) is 0 Å². The smallest absolute Gasteiger partial charge is 0.398 e. The third-order valence-corrected chi connectivity index (χ3v) is 5.44. The van der Waals surface area contributed by atoms with Gasteiger partial charge in [-0.15, -0.1) is 0 Å². The fraction of sp³-hybridized carbons (Fsp3) is 0.240. The normalized spacial score (nSPS) is 15.3. The molecule has 1 unspecified atom stereocenters. The first-order valence-electron chi connectivity index (χ1n) is 10.6. The van der Waals surface area contributed by atoms with Crippen molar-refractivity contribution in [3.05, 3.63) is 94.7 Å². The number of aliphatic imine (C=N–C) groups is 1. The Kier molecular flexibility index (Phi) is 7.55. The molecule has 1 heterocycles. The van der Waals surface area contributed by atoms with E-state index in [2.05, 4.69) is 16.9 Å². The molecular formula is C25H25F3N4O2. The molecule has 9 heteroatoms. The number of rotatable bonds is 8. The van der Waals surface area contributed by atoms with Crippen molar-refractivity contribution in [2.45, 2.75) is 25.7 Å². The number of nitrogens with two attached hydrogens (primary N) is 1. The van der Waals surface area contributed by atoms with Crippen molar-refractivity contribution in [3.8, 4) is 0 Å². The van der Waals surface area contributed by atoms with Crippen LogP contribution in [0.5, 0.6) is 0 Å². The molecule has 1 atom stereocenters. The van der Waals surface area contributed by atoms with E-state index in [0.717, 1.165) is 24.0 Å². The molecule has 1 aliphatic heterocycles. The number of amidine groups is 1. The molecule has 6 nitrogen and oxygen atoms in total. The van der Waals surface area contributed by atoms with Crippen molar-refractivity contribution in [1.82, 2.24) is 10.2 Å². The number of carbonyl (C=O) groups excluding carboxylic acids is 2. The molecule has 0 aromatic heterocycles. The van der Waals surface area contributed by atoms with Crippen LogP contribution in [0, 0.1) is 0 Å². The minimum Gasteiger partial charge on any atom is -0.398 e. The first-order valence-corrected chi connectivity index (χ1v) is 10.6. The summed E-state index contributed by atoms with van der Waals surface area (Å²) in [4.78, 5) is 30.2. The minimum atomic E-state index is -4.45. The van der Waals surface area contributed by atoms with Crippen molar-refractivity contribution in [2.24, 2.45) is 10.7 Å². The van der Waals surface area contributed by atoms with Gasteiger partial charge in [0.25, 0.3) is 5.91 Å². The van der Waals surface area contributed by atoms with E-state index in [-0.39, 0.29) is 17.8 Å². The van der Waals surface area contributed by atoms with Crippen molar-refractivity contribution >= 4 is 18.0 Å². The zero-order valence-corrected chi connectivity index (χ0v) is 18.6. The van der Waals surface area contributed by atoms with Gasteiger partial charge in [0.15, 0.2) is 0 Å². The summed E-state index contributed by atoms with van der Waals surface area (Å²) in [6.07, 6.45) is -2.38. The molecule has 3 rings (SSSR count). The lowest BCUT2D eigenvalue weighted by atomic mass is 10.0. The quantitative estimate of drug-likeness (QED) is 0.347. The van der Waals surface area contributed by atoms with Gasteiger partial charge in [-0.25, -0.2) is 0 Å². The molecule has 0 radical (unpaired) electrons. The number of nitrogens with one attached hydrogen (secondary N) is 1. The number of alkyl halides is 3. The number of nitrogens with zero attached hydrogens (tertiary/aromatic N) is 2. The number of allylic oxidation sites excluding steroid dienone is 1. The van der Waals surface area contributed by atoms with Crippen molar-refractivity contribution in [3.63, 3.8) is 0 Å². The minimum absolute atomic E-state index is 0.107. The Labute approximate surface area is 195 Å². The molecule has 34 heavy (non-hydrogen) atoms. The second kappa shape index (κ2) is 10.4. The highest BCUT2D eigenvalue weighted by molar-refractivity contribution is 6.21. The molecule has 0 spiro atoms. The van der Waals surface area contributed by atoms with Gasteiger partial charge in [0.1, 0.15) is 17.7 Å². The monoisotopic (exact) mass is 470 g/mol. The molecule has 0 saturated heterocycles. The Morgan fingerprint density at radius 2 is 1.97 bits per heavy atom. The van der Waals surface area contributed by atoms with Gasteiger partial charge < -0.3 is 16.0 Å². The number of hydrogen-bond acceptors (Lipinski definition) is 5. The largest absolute Gasteiger partial charge is 0.416 e. The van der Waals surface area contributed by atoms with Crippen LogP contribution < -0.4 is 11.1 Å². The lowest BCUT2D eigenvalue weighted by Gasteiger charge is -2.24. The van der Waals surface area contributed by atoms with E-state index >= 15 is 0 Å². The van der Waals surface area contributed by atoms with E-state index in [1.54, 1.807) is 42.2 Å². The number of hydrogen-bond donors (Lipinski definition) is 2. The van der Waals surface area contributed by atoms with Crippen molar-refractivity contribution in [2.75, 3.05) is 13.1 Å². The highest BCUT2D eigenvalue weighted by atomic mass is 19.4. The van der Waals surface area contributed by atoms with Crippen LogP contribution in [0.4, 0.5) is 13.2 Å². The third-order valence-electron chi connectivity index (χ3n) is 5.44. The number of halogens is 3. The standard InChI is InChI=1S/C25H25F3N4O2/c1-3-21(29)22(24(34)31-16(2)19-9-7-17(15-33)8-10-19)23-30-11-12-32(23)14-18-5-4-6-20(13-18)25(26,27)28/h3-10,13,15-16H,1,11-12,14,29H2,2H3,(H,31,34). The summed E-state index contributed by atoms with van der Waals surface area (Å²) in [7, 11) is 0. The molecule has 0 aliphatic carbocycles. The van der Waals surface area contributed by atoms with Crippen LogP contribution in [-0.2, 0) is 17.5 Å². The van der Waals surface area contributed by atoms with E-state index in [1.165, 1.54) is 12.1 Å². The maximum atomic E-state index is 13.2. The first kappa shape index (κ1) is 24.8. The fourth-order valence-corrected chi connectivity index (χ4v) is 3.62. The van der Waals surface area contributed by atoms with Gasteiger partial charge in [0, 0.05) is 24.4 Å². The van der Waals surface area contributed by atoms with Crippen LogP contribution in [-0.4, -0.2) is 36.0 Å². The molecule has 0 saturated carbocycles. The van der Waals surface area contributed by atoms with Gasteiger partial charge in [0.05, 0.1) is 18.2 Å². The third kappa shape index (κ3) is 5.72. The molecule has 0 fully saturated rings. The second-order valence-electron chi connectivity index (χ2n) is 7.84. The van der Waals surface area contributed by atoms with Gasteiger partial charge in [-0.05, 0) is 36.3 Å². The number of amides is 1. The molecule has 1 amide bonds. The molecule has 0 bridgehead atoms. The maximum absolute atomic E-state index is 13.2. The number of benzene rings is 2. The van der Waals surface area contributed by atoms with Gasteiger partial charge >= 0.3 is 6.18 Å². The molecule has 2 aromatic rings. The summed E-state index contributed by atoms with van der Waals surface area (Å²) < 4.78 is 39.3. The second-order valence-corrected chi connectivity index (χ2v) is 7.84. The lowest BCUT2D eigenvalue weighted by Crippen LogP contribution is -2.38.